The van der Waals surface area contributed by atoms with Crippen molar-refractivity contribution in [2.75, 3.05) is 44.1 Å². The van der Waals surface area contributed by atoms with Crippen LogP contribution in [0, 0.1) is 5.92 Å². The molecule has 2 heterocycles. The van der Waals surface area contributed by atoms with Crippen molar-refractivity contribution in [2.24, 2.45) is 5.92 Å². The third kappa shape index (κ3) is 6.68. The zero-order valence-corrected chi connectivity index (χ0v) is 21.6. The van der Waals surface area contributed by atoms with Gasteiger partial charge < -0.3 is 29.3 Å². The summed E-state index contributed by atoms with van der Waals surface area (Å²) in [7, 11) is 2.54. The average molecular weight is 498 g/mol. The Bertz CT molecular complexity index is 1060. The number of methoxy groups -OCH3 is 2. The van der Waals surface area contributed by atoms with Crippen LogP contribution in [0.5, 0.6) is 0 Å². The molecule has 1 saturated heterocycles. The fourth-order valence-corrected chi connectivity index (χ4v) is 4.08. The van der Waals surface area contributed by atoms with E-state index in [0.29, 0.717) is 31.2 Å². The first-order valence-corrected chi connectivity index (χ1v) is 12.0. The summed E-state index contributed by atoms with van der Waals surface area (Å²) >= 11 is 0. The average Bonchev–Trinajstić information content (AvgIpc) is 3.09. The first-order valence-electron chi connectivity index (χ1n) is 12.0. The molecular formula is C27H35N3O6. The van der Waals surface area contributed by atoms with Gasteiger partial charge in [-0.15, -0.1) is 0 Å². The van der Waals surface area contributed by atoms with Crippen LogP contribution in [0.3, 0.4) is 0 Å². The highest BCUT2D eigenvalue weighted by Gasteiger charge is 2.29. The monoisotopic (exact) mass is 497 g/mol. The predicted molar refractivity (Wildman–Crippen MR) is 137 cm³/mol. The van der Waals surface area contributed by atoms with Gasteiger partial charge in [-0.2, -0.15) is 0 Å². The Morgan fingerprint density at radius 3 is 2.31 bits per heavy atom. The van der Waals surface area contributed by atoms with Gasteiger partial charge in [-0.1, -0.05) is 18.2 Å². The van der Waals surface area contributed by atoms with Crippen LogP contribution in [0.2, 0.25) is 0 Å². The molecule has 36 heavy (non-hydrogen) atoms. The van der Waals surface area contributed by atoms with Crippen LogP contribution < -0.4 is 10.2 Å². The molecule has 0 aromatic heterocycles. The minimum atomic E-state index is -0.657. The molecule has 2 aliphatic heterocycles. The third-order valence-electron chi connectivity index (χ3n) is 5.90. The van der Waals surface area contributed by atoms with E-state index in [1.165, 1.54) is 20.3 Å². The molecule has 194 valence electrons. The number of anilines is 2. The maximum atomic E-state index is 12.8. The molecule has 0 bridgehead atoms. The molecule has 1 amide bonds. The van der Waals surface area contributed by atoms with Gasteiger partial charge in [-0.05, 0) is 63.8 Å². The molecule has 1 N–H and O–H groups in total. The van der Waals surface area contributed by atoms with E-state index in [1.54, 1.807) is 28.2 Å². The second kappa shape index (κ2) is 11.8. The molecule has 2 aliphatic rings. The molecule has 9 heteroatoms. The highest BCUT2D eigenvalue weighted by Crippen LogP contribution is 2.33. The van der Waals surface area contributed by atoms with Crippen LogP contribution in [-0.2, 0) is 23.8 Å². The second-order valence-electron chi connectivity index (χ2n) is 9.62. The molecule has 0 spiro atoms. The van der Waals surface area contributed by atoms with Crippen molar-refractivity contribution in [3.05, 3.63) is 60.0 Å². The molecule has 0 radical (unpaired) electrons. The number of piperidine rings is 1. The first-order chi connectivity index (χ1) is 17.1. The summed E-state index contributed by atoms with van der Waals surface area (Å²) < 4.78 is 15.4. The molecule has 1 aromatic carbocycles. The van der Waals surface area contributed by atoms with Gasteiger partial charge in [0.25, 0.3) is 0 Å². The van der Waals surface area contributed by atoms with Gasteiger partial charge in [0, 0.05) is 25.8 Å². The van der Waals surface area contributed by atoms with Gasteiger partial charge >= 0.3 is 18.0 Å². The van der Waals surface area contributed by atoms with Gasteiger partial charge in [0.05, 0.1) is 31.2 Å². The number of carbonyl (C=O) groups is 3. The van der Waals surface area contributed by atoms with Crippen molar-refractivity contribution in [1.29, 1.82) is 0 Å². The van der Waals surface area contributed by atoms with Crippen LogP contribution >= 0.6 is 0 Å². The number of likely N-dealkylation sites (tertiary alicyclic amines) is 1. The minimum Gasteiger partial charge on any atom is -0.465 e. The minimum absolute atomic E-state index is 0.0641. The maximum absolute atomic E-state index is 12.8. The van der Waals surface area contributed by atoms with E-state index in [1.807, 2.05) is 45.0 Å². The molecule has 0 atom stereocenters. The van der Waals surface area contributed by atoms with Crippen LogP contribution in [0.25, 0.3) is 0 Å². The smallest absolute Gasteiger partial charge is 0.410 e. The van der Waals surface area contributed by atoms with Crippen LogP contribution in [-0.4, -0.2) is 62.4 Å². The van der Waals surface area contributed by atoms with Gasteiger partial charge in [-0.3, -0.25) is 0 Å². The number of nitrogens with zero attached hydrogens (tertiary/aromatic N) is 2. The number of carbonyl (C=O) groups excluding carboxylic acids is 3. The summed E-state index contributed by atoms with van der Waals surface area (Å²) in [5, 5.41) is 3.50. The van der Waals surface area contributed by atoms with E-state index in [0.717, 1.165) is 18.5 Å². The van der Waals surface area contributed by atoms with E-state index in [2.05, 4.69) is 5.32 Å². The lowest BCUT2D eigenvalue weighted by molar-refractivity contribution is -0.139. The molecule has 0 aliphatic carbocycles. The molecule has 1 fully saturated rings. The Kier molecular flexibility index (Phi) is 8.79. The summed E-state index contributed by atoms with van der Waals surface area (Å²) in [6, 6.07) is 7.54. The van der Waals surface area contributed by atoms with Gasteiger partial charge in [0.15, 0.2) is 0 Å². The van der Waals surface area contributed by atoms with Crippen LogP contribution in [0.4, 0.5) is 16.2 Å². The molecule has 1 aromatic rings. The van der Waals surface area contributed by atoms with Crippen LogP contribution in [0.15, 0.2) is 60.0 Å². The fraction of sp³-hybridized carbons (Fsp3) is 0.444. The number of ether oxygens (including phenoxy) is 3. The Morgan fingerprint density at radius 1 is 1.00 bits per heavy atom. The van der Waals surface area contributed by atoms with Crippen molar-refractivity contribution in [1.82, 2.24) is 4.90 Å². The molecule has 9 nitrogen and oxygen atoms in total. The number of amides is 1. The number of allylic oxidation sites excluding steroid dienone is 2. The van der Waals surface area contributed by atoms with E-state index in [9.17, 15) is 14.4 Å². The molecule has 3 rings (SSSR count). The standard InChI is InChI=1S/C27H35N3O6/c1-27(2,3)36-26(33)29-16-13-19(14-17-29)18-28-21-11-6-7-12-22(21)30-15-9-8-10-20(24(31)34-4)23(30)25(32)35-5/h6-12,15,19,28H,13-14,16-18H2,1-5H3. The zero-order chi connectivity index (χ0) is 26.3. The topological polar surface area (TPSA) is 97.4 Å². The summed E-state index contributed by atoms with van der Waals surface area (Å²) in [5.74, 6) is -0.933. The first kappa shape index (κ1) is 26.8. The van der Waals surface area contributed by atoms with E-state index < -0.39 is 17.5 Å². The van der Waals surface area contributed by atoms with Crippen molar-refractivity contribution in [3.8, 4) is 0 Å². The summed E-state index contributed by atoms with van der Waals surface area (Å²) in [6.07, 6.45) is 8.07. The Hall–Kier alpha value is -3.75. The van der Waals surface area contributed by atoms with E-state index >= 15 is 0 Å². The highest BCUT2D eigenvalue weighted by atomic mass is 16.6. The summed E-state index contributed by atoms with van der Waals surface area (Å²) in [6.45, 7) is 7.56. The number of para-hydroxylation sites is 2. The lowest BCUT2D eigenvalue weighted by Gasteiger charge is -2.34. The SMILES string of the molecule is COC(=O)C1=C(C(=O)OC)N(c2ccccc2NCC2CCN(C(=O)OC(C)(C)C)CC2)C=CC=C1. The number of esters is 2. The normalized spacial score (nSPS) is 16.5. The van der Waals surface area contributed by atoms with Crippen molar-refractivity contribution in [2.45, 2.75) is 39.2 Å². The number of rotatable bonds is 6. The highest BCUT2D eigenvalue weighted by molar-refractivity contribution is 6.06. The van der Waals surface area contributed by atoms with E-state index in [-0.39, 0.29) is 17.4 Å². The van der Waals surface area contributed by atoms with Crippen molar-refractivity contribution < 1.29 is 28.6 Å². The third-order valence-corrected chi connectivity index (χ3v) is 5.90. The maximum Gasteiger partial charge on any atom is 0.410 e. The fourth-order valence-electron chi connectivity index (χ4n) is 4.08. The van der Waals surface area contributed by atoms with Gasteiger partial charge in [0.2, 0.25) is 0 Å². The predicted octanol–water partition coefficient (Wildman–Crippen LogP) is 4.24. The Balaban J connectivity index is 1.75. The lowest BCUT2D eigenvalue weighted by atomic mass is 9.97. The van der Waals surface area contributed by atoms with E-state index in [4.69, 9.17) is 14.2 Å². The van der Waals surface area contributed by atoms with Gasteiger partial charge in [-0.25, -0.2) is 14.4 Å². The Morgan fingerprint density at radius 2 is 1.67 bits per heavy atom. The number of hydrogen-bond acceptors (Lipinski definition) is 8. The molecular weight excluding hydrogens is 462 g/mol. The molecule has 0 unspecified atom stereocenters. The second-order valence-corrected chi connectivity index (χ2v) is 9.62. The zero-order valence-electron chi connectivity index (χ0n) is 21.6. The Labute approximate surface area is 212 Å². The number of hydrogen-bond donors (Lipinski definition) is 1. The van der Waals surface area contributed by atoms with Crippen molar-refractivity contribution >= 4 is 29.4 Å². The number of nitrogens with one attached hydrogen (secondary N) is 1. The van der Waals surface area contributed by atoms with Gasteiger partial charge in [0.1, 0.15) is 11.3 Å². The summed E-state index contributed by atoms with van der Waals surface area (Å²) in [4.78, 5) is 40.9. The summed E-state index contributed by atoms with van der Waals surface area (Å²) in [5.41, 5.74) is 1.13. The quantitative estimate of drug-likeness (QED) is 0.461. The number of benzene rings is 1. The largest absolute Gasteiger partial charge is 0.465 e. The molecule has 0 saturated carbocycles. The van der Waals surface area contributed by atoms with Crippen LogP contribution in [0.1, 0.15) is 33.6 Å². The van der Waals surface area contributed by atoms with Crippen molar-refractivity contribution in [3.63, 3.8) is 0 Å². The lowest BCUT2D eigenvalue weighted by Crippen LogP contribution is -2.42.